The molecular formula is C7H13N. The highest BCUT2D eigenvalue weighted by Crippen LogP contribution is 1.88. The van der Waals surface area contributed by atoms with Crippen molar-refractivity contribution in [2.45, 2.75) is 19.4 Å². The molecular weight excluding hydrogens is 98.1 g/mol. The summed E-state index contributed by atoms with van der Waals surface area (Å²) in [6.45, 7) is 5.53. The second-order valence-corrected chi connectivity index (χ2v) is 1.71. The summed E-state index contributed by atoms with van der Waals surface area (Å²) in [5, 5.41) is 0. The van der Waals surface area contributed by atoms with Gasteiger partial charge >= 0.3 is 0 Å². The van der Waals surface area contributed by atoms with Crippen LogP contribution in [0.3, 0.4) is 0 Å². The van der Waals surface area contributed by atoms with E-state index < -0.39 is 0 Å². The second kappa shape index (κ2) is 4.60. The highest BCUT2D eigenvalue weighted by molar-refractivity contribution is 4.92. The molecule has 0 aliphatic rings. The monoisotopic (exact) mass is 111 g/mol. The third-order valence-corrected chi connectivity index (χ3v) is 0.878. The van der Waals surface area contributed by atoms with Crippen molar-refractivity contribution in [3.05, 3.63) is 24.8 Å². The van der Waals surface area contributed by atoms with Crippen LogP contribution in [0.2, 0.25) is 0 Å². The van der Waals surface area contributed by atoms with E-state index in [0.29, 0.717) is 0 Å². The van der Waals surface area contributed by atoms with Crippen LogP contribution in [0.1, 0.15) is 13.3 Å². The molecule has 0 aliphatic carbocycles. The predicted octanol–water partition coefficient (Wildman–Crippen LogP) is 1.47. The van der Waals surface area contributed by atoms with Crippen LogP contribution in [0.4, 0.5) is 0 Å². The average molecular weight is 111 g/mol. The molecule has 1 heteroatoms. The van der Waals surface area contributed by atoms with Gasteiger partial charge in [-0.3, -0.25) is 0 Å². The second-order valence-electron chi connectivity index (χ2n) is 1.71. The number of allylic oxidation sites excluding steroid dienone is 1. The summed E-state index contributed by atoms with van der Waals surface area (Å²) < 4.78 is 0. The van der Waals surface area contributed by atoms with Crippen LogP contribution in [0, 0.1) is 0 Å². The number of nitrogens with two attached hydrogens (primary N) is 1. The Balaban J connectivity index is 3.31. The van der Waals surface area contributed by atoms with Crippen molar-refractivity contribution >= 4 is 0 Å². The molecule has 0 amide bonds. The van der Waals surface area contributed by atoms with E-state index in [4.69, 9.17) is 5.73 Å². The van der Waals surface area contributed by atoms with Gasteiger partial charge in [-0.05, 0) is 13.3 Å². The first-order valence-electron chi connectivity index (χ1n) is 2.80. The van der Waals surface area contributed by atoms with Gasteiger partial charge in [0.05, 0.1) is 0 Å². The zero-order chi connectivity index (χ0) is 6.41. The molecule has 1 nitrogen and oxygen atoms in total. The van der Waals surface area contributed by atoms with Crippen molar-refractivity contribution in [3.63, 3.8) is 0 Å². The quantitative estimate of drug-likeness (QED) is 0.548. The Labute approximate surface area is 50.9 Å². The third-order valence-electron chi connectivity index (χ3n) is 0.878. The Kier molecular flexibility index (Phi) is 4.27. The summed E-state index contributed by atoms with van der Waals surface area (Å²) in [6, 6.07) is 0.164. The SMILES string of the molecule is C=CC[C@@H](N)/C=C\C. The zero-order valence-corrected chi connectivity index (χ0v) is 5.30. The minimum absolute atomic E-state index is 0.164. The zero-order valence-electron chi connectivity index (χ0n) is 5.30. The van der Waals surface area contributed by atoms with Gasteiger partial charge in [0.1, 0.15) is 0 Å². The van der Waals surface area contributed by atoms with Gasteiger partial charge in [-0.15, -0.1) is 6.58 Å². The van der Waals surface area contributed by atoms with Gasteiger partial charge < -0.3 is 5.73 Å². The maximum absolute atomic E-state index is 5.54. The topological polar surface area (TPSA) is 26.0 Å². The van der Waals surface area contributed by atoms with Crippen molar-refractivity contribution in [3.8, 4) is 0 Å². The molecule has 0 bridgehead atoms. The van der Waals surface area contributed by atoms with E-state index in [0.717, 1.165) is 6.42 Å². The van der Waals surface area contributed by atoms with Gasteiger partial charge in [-0.1, -0.05) is 18.2 Å². The van der Waals surface area contributed by atoms with Crippen LogP contribution in [-0.4, -0.2) is 6.04 Å². The molecule has 0 aromatic carbocycles. The standard InChI is InChI=1S/C7H13N/c1-3-5-7(8)6-4-2/h3-4,6-7H,1,5,8H2,2H3/b6-4-/t7-/m1/s1. The van der Waals surface area contributed by atoms with Gasteiger partial charge in [0, 0.05) is 6.04 Å². The van der Waals surface area contributed by atoms with Crippen molar-refractivity contribution in [2.24, 2.45) is 5.73 Å². The van der Waals surface area contributed by atoms with E-state index in [-0.39, 0.29) is 6.04 Å². The van der Waals surface area contributed by atoms with E-state index in [1.807, 2.05) is 25.2 Å². The molecule has 0 aromatic heterocycles. The van der Waals surface area contributed by atoms with Gasteiger partial charge in [0.2, 0.25) is 0 Å². The molecule has 1 atom stereocenters. The molecule has 0 rings (SSSR count). The summed E-state index contributed by atoms with van der Waals surface area (Å²) in [5.41, 5.74) is 5.54. The molecule has 46 valence electrons. The molecule has 0 saturated carbocycles. The lowest BCUT2D eigenvalue weighted by atomic mass is 10.2. The van der Waals surface area contributed by atoms with E-state index in [9.17, 15) is 0 Å². The molecule has 0 aliphatic heterocycles. The molecule has 0 radical (unpaired) electrons. The smallest absolute Gasteiger partial charge is 0.0258 e. The third kappa shape index (κ3) is 3.62. The molecule has 2 N–H and O–H groups in total. The first-order chi connectivity index (χ1) is 3.81. The van der Waals surface area contributed by atoms with E-state index in [1.54, 1.807) is 0 Å². The minimum Gasteiger partial charge on any atom is -0.324 e. The van der Waals surface area contributed by atoms with E-state index in [2.05, 4.69) is 6.58 Å². The molecule has 0 unspecified atom stereocenters. The highest BCUT2D eigenvalue weighted by Gasteiger charge is 1.88. The summed E-state index contributed by atoms with van der Waals surface area (Å²) in [4.78, 5) is 0. The fourth-order valence-corrected chi connectivity index (χ4v) is 0.518. The normalized spacial score (nSPS) is 14.2. The first kappa shape index (κ1) is 7.44. The fraction of sp³-hybridized carbons (Fsp3) is 0.429. The Hall–Kier alpha value is -0.560. The van der Waals surface area contributed by atoms with Crippen LogP contribution in [0.15, 0.2) is 24.8 Å². The number of hydrogen-bond donors (Lipinski definition) is 1. The minimum atomic E-state index is 0.164. The van der Waals surface area contributed by atoms with Crippen LogP contribution in [-0.2, 0) is 0 Å². The highest BCUT2D eigenvalue weighted by atomic mass is 14.6. The average Bonchev–Trinajstić information content (AvgIpc) is 1.68. The predicted molar refractivity (Wildman–Crippen MR) is 37.6 cm³/mol. The van der Waals surface area contributed by atoms with E-state index in [1.165, 1.54) is 0 Å². The summed E-state index contributed by atoms with van der Waals surface area (Å²) >= 11 is 0. The number of rotatable bonds is 3. The Morgan fingerprint density at radius 2 is 2.38 bits per heavy atom. The summed E-state index contributed by atoms with van der Waals surface area (Å²) in [5.74, 6) is 0. The maximum Gasteiger partial charge on any atom is 0.0258 e. The van der Waals surface area contributed by atoms with E-state index >= 15 is 0 Å². The fourth-order valence-electron chi connectivity index (χ4n) is 0.518. The Bertz CT molecular complexity index is 84.4. The van der Waals surface area contributed by atoms with Crippen molar-refractivity contribution < 1.29 is 0 Å². The van der Waals surface area contributed by atoms with Crippen molar-refractivity contribution in [1.29, 1.82) is 0 Å². The first-order valence-corrected chi connectivity index (χ1v) is 2.80. The molecule has 0 spiro atoms. The van der Waals surface area contributed by atoms with Crippen LogP contribution in [0.25, 0.3) is 0 Å². The van der Waals surface area contributed by atoms with Gasteiger partial charge in [0.15, 0.2) is 0 Å². The lowest BCUT2D eigenvalue weighted by Gasteiger charge is -1.97. The molecule has 0 fully saturated rings. The lowest BCUT2D eigenvalue weighted by molar-refractivity contribution is 0.834. The van der Waals surface area contributed by atoms with Crippen LogP contribution >= 0.6 is 0 Å². The largest absolute Gasteiger partial charge is 0.324 e. The van der Waals surface area contributed by atoms with Crippen LogP contribution < -0.4 is 5.73 Å². The van der Waals surface area contributed by atoms with Gasteiger partial charge in [0.25, 0.3) is 0 Å². The van der Waals surface area contributed by atoms with Crippen molar-refractivity contribution in [1.82, 2.24) is 0 Å². The van der Waals surface area contributed by atoms with Gasteiger partial charge in [-0.25, -0.2) is 0 Å². The molecule has 0 aromatic rings. The van der Waals surface area contributed by atoms with Gasteiger partial charge in [-0.2, -0.15) is 0 Å². The van der Waals surface area contributed by atoms with Crippen molar-refractivity contribution in [2.75, 3.05) is 0 Å². The maximum atomic E-state index is 5.54. The Morgan fingerprint density at radius 1 is 1.75 bits per heavy atom. The summed E-state index contributed by atoms with van der Waals surface area (Å²) in [7, 11) is 0. The lowest BCUT2D eigenvalue weighted by Crippen LogP contribution is -2.14. The molecule has 0 saturated heterocycles. The molecule has 8 heavy (non-hydrogen) atoms. The number of hydrogen-bond acceptors (Lipinski definition) is 1. The Morgan fingerprint density at radius 3 is 2.75 bits per heavy atom. The molecule has 0 heterocycles. The van der Waals surface area contributed by atoms with Crippen LogP contribution in [0.5, 0.6) is 0 Å². The summed E-state index contributed by atoms with van der Waals surface area (Å²) in [6.07, 6.45) is 6.60.